The number of thioether (sulfide) groups is 1. The van der Waals surface area contributed by atoms with Crippen LogP contribution in [0.4, 0.5) is 5.69 Å². The first kappa shape index (κ1) is 15.7. The lowest BCUT2D eigenvalue weighted by Gasteiger charge is -2.18. The number of amidine groups is 1. The number of aliphatic imine (C=N–C) groups is 1. The molecule has 1 N–H and O–H groups in total. The summed E-state index contributed by atoms with van der Waals surface area (Å²) in [6.07, 6.45) is 2.45. The summed E-state index contributed by atoms with van der Waals surface area (Å²) >= 11 is 5.36. The molecule has 0 saturated carbocycles. The molecule has 1 atom stereocenters. The third kappa shape index (κ3) is 3.92. The van der Waals surface area contributed by atoms with Crippen molar-refractivity contribution in [3.05, 3.63) is 22.7 Å². The van der Waals surface area contributed by atoms with Gasteiger partial charge in [0.15, 0.2) is 5.17 Å². The molecule has 0 spiro atoms. The zero-order valence-corrected chi connectivity index (χ0v) is 14.6. The van der Waals surface area contributed by atoms with E-state index in [1.165, 1.54) is 12.8 Å². The number of benzene rings is 1. The highest BCUT2D eigenvalue weighted by Gasteiger charge is 2.25. The van der Waals surface area contributed by atoms with Gasteiger partial charge in [-0.2, -0.15) is 0 Å². The van der Waals surface area contributed by atoms with Crippen LogP contribution >= 0.6 is 27.7 Å². The molecule has 20 heavy (non-hydrogen) atoms. The Kier molecular flexibility index (Phi) is 5.78. The highest BCUT2D eigenvalue weighted by molar-refractivity contribution is 9.10. The van der Waals surface area contributed by atoms with Crippen molar-refractivity contribution in [3.63, 3.8) is 0 Å². The van der Waals surface area contributed by atoms with Crippen LogP contribution in [-0.4, -0.2) is 24.1 Å². The van der Waals surface area contributed by atoms with E-state index in [4.69, 9.17) is 4.74 Å². The van der Waals surface area contributed by atoms with E-state index in [0.29, 0.717) is 5.25 Å². The van der Waals surface area contributed by atoms with E-state index in [1.54, 1.807) is 7.11 Å². The van der Waals surface area contributed by atoms with E-state index >= 15 is 0 Å². The second kappa shape index (κ2) is 7.36. The minimum atomic E-state index is 0.613. The molecule has 0 aliphatic carbocycles. The van der Waals surface area contributed by atoms with Crippen LogP contribution in [0.1, 0.15) is 26.7 Å². The minimum absolute atomic E-state index is 0.613. The van der Waals surface area contributed by atoms with Gasteiger partial charge in [0.25, 0.3) is 0 Å². The molecule has 1 aliphatic heterocycles. The number of anilines is 1. The van der Waals surface area contributed by atoms with Crippen LogP contribution < -0.4 is 10.1 Å². The summed E-state index contributed by atoms with van der Waals surface area (Å²) in [5.74, 6) is 1.59. The molecule has 0 bridgehead atoms. The first-order valence-corrected chi connectivity index (χ1v) is 8.66. The van der Waals surface area contributed by atoms with Crippen molar-refractivity contribution in [3.8, 4) is 5.75 Å². The van der Waals surface area contributed by atoms with Crippen LogP contribution in [0.2, 0.25) is 0 Å². The standard InChI is InChI=1S/C15H21BrN2OS/c1-4-10(5-2)14-9-17-15(20-14)18-12-6-11(16)7-13(8-12)19-3/h6-8,10,14H,4-5,9H2,1-3H3,(H,17,18). The highest BCUT2D eigenvalue weighted by Crippen LogP contribution is 2.32. The van der Waals surface area contributed by atoms with E-state index in [0.717, 1.165) is 33.5 Å². The smallest absolute Gasteiger partial charge is 0.161 e. The molecule has 2 rings (SSSR count). The zero-order valence-electron chi connectivity index (χ0n) is 12.1. The van der Waals surface area contributed by atoms with Gasteiger partial charge in [-0.15, -0.1) is 0 Å². The summed E-state index contributed by atoms with van der Waals surface area (Å²) in [4.78, 5) is 4.63. The molecule has 0 aromatic heterocycles. The number of methoxy groups -OCH3 is 1. The largest absolute Gasteiger partial charge is 0.497 e. The molecule has 1 aromatic carbocycles. The molecule has 1 unspecified atom stereocenters. The maximum Gasteiger partial charge on any atom is 0.161 e. The Hall–Kier alpha value is -0.680. The summed E-state index contributed by atoms with van der Waals surface area (Å²) in [6, 6.07) is 5.97. The number of rotatable bonds is 5. The highest BCUT2D eigenvalue weighted by atomic mass is 79.9. The molecule has 0 saturated heterocycles. The van der Waals surface area contributed by atoms with Crippen molar-refractivity contribution in [1.82, 2.24) is 0 Å². The second-order valence-corrected chi connectivity index (χ2v) is 7.03. The van der Waals surface area contributed by atoms with E-state index in [2.05, 4.69) is 40.1 Å². The summed E-state index contributed by atoms with van der Waals surface area (Å²) in [5.41, 5.74) is 1.01. The lowest BCUT2D eigenvalue weighted by atomic mass is 9.99. The Morgan fingerprint density at radius 2 is 2.15 bits per heavy atom. The summed E-state index contributed by atoms with van der Waals surface area (Å²) in [7, 11) is 1.68. The molecule has 3 nitrogen and oxygen atoms in total. The van der Waals surface area contributed by atoms with Gasteiger partial charge in [0, 0.05) is 21.5 Å². The van der Waals surface area contributed by atoms with Crippen LogP contribution in [-0.2, 0) is 0 Å². The van der Waals surface area contributed by atoms with Crippen molar-refractivity contribution in [2.24, 2.45) is 10.9 Å². The van der Waals surface area contributed by atoms with E-state index in [1.807, 2.05) is 30.0 Å². The Labute approximate surface area is 133 Å². The van der Waals surface area contributed by atoms with Crippen LogP contribution in [0.3, 0.4) is 0 Å². The first-order chi connectivity index (χ1) is 9.66. The number of hydrogen-bond donors (Lipinski definition) is 1. The van der Waals surface area contributed by atoms with Crippen molar-refractivity contribution < 1.29 is 4.74 Å². The fraction of sp³-hybridized carbons (Fsp3) is 0.533. The van der Waals surface area contributed by atoms with Gasteiger partial charge in [0.1, 0.15) is 5.75 Å². The molecule has 0 fully saturated rings. The predicted molar refractivity (Wildman–Crippen MR) is 92.1 cm³/mol. The van der Waals surface area contributed by atoms with Gasteiger partial charge in [-0.1, -0.05) is 54.4 Å². The molecule has 0 amide bonds. The lowest BCUT2D eigenvalue weighted by molar-refractivity contribution is 0.415. The summed E-state index contributed by atoms with van der Waals surface area (Å²) in [6.45, 7) is 5.45. The lowest BCUT2D eigenvalue weighted by Crippen LogP contribution is -2.17. The van der Waals surface area contributed by atoms with Gasteiger partial charge in [-0.25, -0.2) is 0 Å². The molecular formula is C15H21BrN2OS. The fourth-order valence-electron chi connectivity index (χ4n) is 2.40. The summed E-state index contributed by atoms with van der Waals surface area (Å²) in [5, 5.41) is 5.02. The third-order valence-corrected chi connectivity index (χ3v) is 5.36. The second-order valence-electron chi connectivity index (χ2n) is 4.88. The quantitative estimate of drug-likeness (QED) is 0.824. The maximum absolute atomic E-state index is 5.28. The molecule has 5 heteroatoms. The third-order valence-electron chi connectivity index (χ3n) is 3.61. The van der Waals surface area contributed by atoms with Crippen molar-refractivity contribution >= 4 is 38.5 Å². The van der Waals surface area contributed by atoms with Gasteiger partial charge >= 0.3 is 0 Å². The molecule has 110 valence electrons. The van der Waals surface area contributed by atoms with E-state index in [-0.39, 0.29) is 0 Å². The normalized spacial score (nSPS) is 18.2. The first-order valence-electron chi connectivity index (χ1n) is 6.99. The van der Waals surface area contributed by atoms with Crippen LogP contribution in [0.25, 0.3) is 0 Å². The summed E-state index contributed by atoms with van der Waals surface area (Å²) < 4.78 is 6.28. The number of hydrogen-bond acceptors (Lipinski definition) is 4. The molecular weight excluding hydrogens is 336 g/mol. The molecule has 1 heterocycles. The Balaban J connectivity index is 2.00. The van der Waals surface area contributed by atoms with Gasteiger partial charge in [0.05, 0.1) is 13.7 Å². The minimum Gasteiger partial charge on any atom is -0.497 e. The SMILES string of the molecule is CCC(CC)C1CN=C(Nc2cc(Br)cc(OC)c2)S1. The zero-order chi connectivity index (χ0) is 14.5. The average molecular weight is 357 g/mol. The fourth-order valence-corrected chi connectivity index (χ4v) is 4.21. The maximum atomic E-state index is 5.28. The average Bonchev–Trinajstić information content (AvgIpc) is 2.88. The number of halogens is 1. The molecule has 1 aromatic rings. The monoisotopic (exact) mass is 356 g/mol. The Bertz CT molecular complexity index is 489. The van der Waals surface area contributed by atoms with Crippen LogP contribution in [0.5, 0.6) is 5.75 Å². The topological polar surface area (TPSA) is 33.6 Å². The molecule has 0 radical (unpaired) electrons. The van der Waals surface area contributed by atoms with Crippen LogP contribution in [0, 0.1) is 5.92 Å². The molecule has 1 aliphatic rings. The van der Waals surface area contributed by atoms with Crippen molar-refractivity contribution in [2.45, 2.75) is 31.9 Å². The van der Waals surface area contributed by atoms with E-state index in [9.17, 15) is 0 Å². The van der Waals surface area contributed by atoms with Crippen LogP contribution in [0.15, 0.2) is 27.7 Å². The number of nitrogens with zero attached hydrogens (tertiary/aromatic N) is 1. The van der Waals surface area contributed by atoms with Gasteiger partial charge in [-0.05, 0) is 18.1 Å². The van der Waals surface area contributed by atoms with Gasteiger partial charge in [0.2, 0.25) is 0 Å². The van der Waals surface area contributed by atoms with Crippen molar-refractivity contribution in [1.29, 1.82) is 0 Å². The van der Waals surface area contributed by atoms with Gasteiger partial charge in [-0.3, -0.25) is 4.99 Å². The van der Waals surface area contributed by atoms with Gasteiger partial charge < -0.3 is 10.1 Å². The number of ether oxygens (including phenoxy) is 1. The Morgan fingerprint density at radius 1 is 1.40 bits per heavy atom. The van der Waals surface area contributed by atoms with E-state index < -0.39 is 0 Å². The Morgan fingerprint density at radius 3 is 2.80 bits per heavy atom. The van der Waals surface area contributed by atoms with Crippen molar-refractivity contribution in [2.75, 3.05) is 19.0 Å². The number of nitrogens with one attached hydrogen (secondary N) is 1. The predicted octanol–water partition coefficient (Wildman–Crippen LogP) is 4.78.